The number of allylic oxidation sites excluding steroid dienone is 1. The number of halogens is 1. The van der Waals surface area contributed by atoms with Crippen LogP contribution in [0, 0.1) is 23.6 Å². The van der Waals surface area contributed by atoms with Crippen molar-refractivity contribution < 1.29 is 13.9 Å². The van der Waals surface area contributed by atoms with Crippen molar-refractivity contribution in [2.24, 2.45) is 5.92 Å². The van der Waals surface area contributed by atoms with Gasteiger partial charge in [-0.15, -0.1) is 6.58 Å². The molecule has 3 rings (SSSR count). The number of hydrogen-bond donors (Lipinski definition) is 0. The van der Waals surface area contributed by atoms with E-state index >= 15 is 0 Å². The van der Waals surface area contributed by atoms with E-state index in [2.05, 4.69) is 24.5 Å². The first-order chi connectivity index (χ1) is 16.2. The van der Waals surface area contributed by atoms with E-state index in [0.29, 0.717) is 18.1 Å². The van der Waals surface area contributed by atoms with E-state index in [1.165, 1.54) is 19.3 Å². The molecule has 3 heteroatoms. The highest BCUT2D eigenvalue weighted by atomic mass is 19.1. The monoisotopic (exact) mass is 448 g/mol. The van der Waals surface area contributed by atoms with E-state index in [0.717, 1.165) is 67.9 Å². The molecule has 176 valence electrons. The van der Waals surface area contributed by atoms with Crippen LogP contribution in [0.5, 0.6) is 5.75 Å². The average molecular weight is 449 g/mol. The molecular formula is C30H37FO2. The fourth-order valence-electron chi connectivity index (χ4n) is 4.52. The van der Waals surface area contributed by atoms with Gasteiger partial charge in [-0.25, -0.2) is 4.39 Å². The molecule has 0 spiro atoms. The third kappa shape index (κ3) is 8.37. The van der Waals surface area contributed by atoms with Crippen molar-refractivity contribution >= 4 is 0 Å². The van der Waals surface area contributed by atoms with Gasteiger partial charge in [0.05, 0.1) is 12.2 Å². The van der Waals surface area contributed by atoms with E-state index in [1.807, 2.05) is 36.4 Å². The van der Waals surface area contributed by atoms with Gasteiger partial charge in [-0.05, 0) is 105 Å². The van der Waals surface area contributed by atoms with Gasteiger partial charge in [0.15, 0.2) is 0 Å². The molecule has 0 saturated heterocycles. The quantitative estimate of drug-likeness (QED) is 0.200. The first kappa shape index (κ1) is 25.1. The topological polar surface area (TPSA) is 18.5 Å². The van der Waals surface area contributed by atoms with Gasteiger partial charge in [-0.1, -0.05) is 30.4 Å². The molecule has 1 aliphatic rings. The normalized spacial score (nSPS) is 17.8. The number of unbranched alkanes of at least 4 members (excludes halogenated alkanes) is 3. The molecule has 0 amide bonds. The minimum Gasteiger partial charge on any atom is -0.494 e. The van der Waals surface area contributed by atoms with E-state index in [4.69, 9.17) is 9.47 Å². The fraction of sp³-hybridized carbons (Fsp3) is 0.467. The molecule has 1 saturated carbocycles. The van der Waals surface area contributed by atoms with Crippen molar-refractivity contribution in [3.05, 3.63) is 77.6 Å². The highest BCUT2D eigenvalue weighted by Crippen LogP contribution is 2.37. The van der Waals surface area contributed by atoms with Crippen molar-refractivity contribution in [2.75, 3.05) is 20.3 Å². The molecule has 33 heavy (non-hydrogen) atoms. The molecule has 1 aliphatic carbocycles. The third-order valence-corrected chi connectivity index (χ3v) is 6.52. The average Bonchev–Trinajstić information content (AvgIpc) is 2.84. The molecule has 0 bridgehead atoms. The molecule has 0 atom stereocenters. The molecule has 0 aromatic heterocycles. The summed E-state index contributed by atoms with van der Waals surface area (Å²) in [4.78, 5) is 0. The summed E-state index contributed by atoms with van der Waals surface area (Å²) < 4.78 is 25.6. The fourth-order valence-corrected chi connectivity index (χ4v) is 4.52. The Morgan fingerprint density at radius 2 is 1.67 bits per heavy atom. The number of methoxy groups -OCH3 is 1. The van der Waals surface area contributed by atoms with E-state index in [-0.39, 0.29) is 5.82 Å². The molecule has 0 aliphatic heterocycles. The summed E-state index contributed by atoms with van der Waals surface area (Å²) in [5.41, 5.74) is 2.41. The second-order valence-corrected chi connectivity index (χ2v) is 9.01. The van der Waals surface area contributed by atoms with E-state index in [9.17, 15) is 4.39 Å². The third-order valence-electron chi connectivity index (χ3n) is 6.52. The Hall–Kier alpha value is -2.57. The van der Waals surface area contributed by atoms with Crippen molar-refractivity contribution in [1.82, 2.24) is 0 Å². The summed E-state index contributed by atoms with van der Waals surface area (Å²) in [7, 11) is 1.74. The predicted octanol–water partition coefficient (Wildman–Crippen LogP) is 7.66. The lowest BCUT2D eigenvalue weighted by Gasteiger charge is -2.28. The van der Waals surface area contributed by atoms with E-state index < -0.39 is 0 Å². The van der Waals surface area contributed by atoms with Crippen LogP contribution in [0.3, 0.4) is 0 Å². The number of ether oxygens (including phenoxy) is 2. The second-order valence-electron chi connectivity index (χ2n) is 9.01. The first-order valence-corrected chi connectivity index (χ1v) is 12.3. The maximum absolute atomic E-state index is 14.7. The smallest absolute Gasteiger partial charge is 0.139 e. The summed E-state index contributed by atoms with van der Waals surface area (Å²) >= 11 is 0. The molecule has 2 aromatic carbocycles. The number of hydrogen-bond acceptors (Lipinski definition) is 2. The Kier molecular flexibility index (Phi) is 10.5. The molecule has 1 fully saturated rings. The van der Waals surface area contributed by atoms with Crippen molar-refractivity contribution in [3.8, 4) is 17.6 Å². The van der Waals surface area contributed by atoms with Crippen LogP contribution in [0.4, 0.5) is 4.39 Å². The van der Waals surface area contributed by atoms with Gasteiger partial charge in [-0.2, -0.15) is 0 Å². The zero-order valence-electron chi connectivity index (χ0n) is 20.0. The van der Waals surface area contributed by atoms with Crippen molar-refractivity contribution in [2.45, 2.75) is 63.7 Å². The maximum atomic E-state index is 14.7. The van der Waals surface area contributed by atoms with Gasteiger partial charge in [0, 0.05) is 19.3 Å². The Balaban J connectivity index is 1.48. The van der Waals surface area contributed by atoms with Crippen LogP contribution < -0.4 is 4.74 Å². The Bertz CT molecular complexity index is 915. The van der Waals surface area contributed by atoms with Gasteiger partial charge >= 0.3 is 0 Å². The minimum atomic E-state index is -0.223. The van der Waals surface area contributed by atoms with Gasteiger partial charge in [0.1, 0.15) is 11.6 Å². The summed E-state index contributed by atoms with van der Waals surface area (Å²) in [6.45, 7) is 5.39. The zero-order valence-corrected chi connectivity index (χ0v) is 20.0. The zero-order chi connectivity index (χ0) is 23.3. The van der Waals surface area contributed by atoms with Gasteiger partial charge < -0.3 is 9.47 Å². The Morgan fingerprint density at radius 3 is 2.33 bits per heavy atom. The van der Waals surface area contributed by atoms with Crippen LogP contribution in [0.2, 0.25) is 0 Å². The molecule has 0 N–H and O–H groups in total. The highest BCUT2D eigenvalue weighted by Gasteiger charge is 2.22. The van der Waals surface area contributed by atoms with Gasteiger partial charge in [0.25, 0.3) is 0 Å². The number of rotatable bonds is 11. The second kappa shape index (κ2) is 13.9. The molecule has 2 nitrogen and oxygen atoms in total. The molecule has 2 aromatic rings. The largest absolute Gasteiger partial charge is 0.494 e. The van der Waals surface area contributed by atoms with E-state index in [1.54, 1.807) is 13.2 Å². The van der Waals surface area contributed by atoms with Crippen LogP contribution in [0.1, 0.15) is 80.4 Å². The van der Waals surface area contributed by atoms with Crippen LogP contribution in [0.25, 0.3) is 0 Å². The predicted molar refractivity (Wildman–Crippen MR) is 134 cm³/mol. The summed E-state index contributed by atoms with van der Waals surface area (Å²) in [6, 6.07) is 13.3. The molecule has 0 radical (unpaired) electrons. The summed E-state index contributed by atoms with van der Waals surface area (Å²) in [5, 5.41) is 0. The number of benzene rings is 2. The Morgan fingerprint density at radius 1 is 0.939 bits per heavy atom. The van der Waals surface area contributed by atoms with Crippen LogP contribution in [0.15, 0.2) is 55.1 Å². The van der Waals surface area contributed by atoms with Crippen LogP contribution in [-0.2, 0) is 4.74 Å². The molecule has 0 heterocycles. The van der Waals surface area contributed by atoms with Crippen molar-refractivity contribution in [3.63, 3.8) is 0 Å². The van der Waals surface area contributed by atoms with Crippen LogP contribution >= 0.6 is 0 Å². The lowest BCUT2D eigenvalue weighted by atomic mass is 9.77. The van der Waals surface area contributed by atoms with Crippen molar-refractivity contribution in [1.29, 1.82) is 0 Å². The first-order valence-electron chi connectivity index (χ1n) is 12.3. The minimum absolute atomic E-state index is 0.223. The molecule has 0 unspecified atom stereocenters. The SMILES string of the molecule is C=CCC1CCC(c2ccc(C#Cc3ccc(OCCCCCCOC)cc3)c(F)c2)CC1. The highest BCUT2D eigenvalue weighted by molar-refractivity contribution is 5.45. The lowest BCUT2D eigenvalue weighted by Crippen LogP contribution is -2.13. The Labute approximate surface area is 199 Å². The van der Waals surface area contributed by atoms with Crippen LogP contribution in [-0.4, -0.2) is 20.3 Å². The summed E-state index contributed by atoms with van der Waals surface area (Å²) in [5.74, 6) is 7.89. The lowest BCUT2D eigenvalue weighted by molar-refractivity contribution is 0.191. The molecular weight excluding hydrogens is 411 g/mol. The summed E-state index contributed by atoms with van der Waals surface area (Å²) in [6.07, 6.45) is 12.2. The van der Waals surface area contributed by atoms with Gasteiger partial charge in [-0.3, -0.25) is 0 Å². The standard InChI is InChI=1S/C30H37FO2/c1-3-8-24-9-14-26(15-10-24)28-18-17-27(30(31)23-28)16-11-25-12-19-29(20-13-25)33-22-7-5-4-6-21-32-2/h3,12-13,17-20,23-24,26H,1,4-10,14-15,21-22H2,2H3. The maximum Gasteiger partial charge on any atom is 0.139 e. The van der Waals surface area contributed by atoms with Gasteiger partial charge in [0.2, 0.25) is 0 Å².